The van der Waals surface area contributed by atoms with Gasteiger partial charge < -0.3 is 9.87 Å². The van der Waals surface area contributed by atoms with Crippen LogP contribution in [0.3, 0.4) is 0 Å². The van der Waals surface area contributed by atoms with Crippen molar-refractivity contribution in [1.29, 1.82) is 0 Å². The zero-order chi connectivity index (χ0) is 14.5. The van der Waals surface area contributed by atoms with Gasteiger partial charge in [0, 0.05) is 29.7 Å². The van der Waals surface area contributed by atoms with Gasteiger partial charge in [0.2, 0.25) is 5.28 Å². The lowest BCUT2D eigenvalue weighted by atomic mass is 10.2. The summed E-state index contributed by atoms with van der Waals surface area (Å²) in [7, 11) is 0. The molecule has 106 valence electrons. The summed E-state index contributed by atoms with van der Waals surface area (Å²) < 4.78 is 24.3. The lowest BCUT2D eigenvalue weighted by molar-refractivity contribution is 0.522. The molecule has 2 aromatic rings. The summed E-state index contributed by atoms with van der Waals surface area (Å²) in [5.74, 6) is 0.571. The zero-order valence-electron chi connectivity index (χ0n) is 9.97. The van der Waals surface area contributed by atoms with E-state index in [1.807, 2.05) is 24.3 Å². The minimum absolute atomic E-state index is 0.143. The number of hydrogen-bond donors (Lipinski definition) is 2. The van der Waals surface area contributed by atoms with Crippen molar-refractivity contribution in [2.75, 3.05) is 5.32 Å². The molecular weight excluding hydrogens is 415 g/mol. The normalized spacial score (nSPS) is 12.2. The molecule has 9 heteroatoms. The van der Waals surface area contributed by atoms with Gasteiger partial charge in [0.25, 0.3) is 0 Å². The van der Waals surface area contributed by atoms with E-state index in [0.717, 1.165) is 14.8 Å². The van der Waals surface area contributed by atoms with Crippen molar-refractivity contribution in [3.8, 4) is 0 Å². The maximum Gasteiger partial charge on any atom is 0.224 e. The maximum atomic E-state index is 10.6. The van der Waals surface area contributed by atoms with E-state index >= 15 is 0 Å². The van der Waals surface area contributed by atoms with Crippen LogP contribution in [0.1, 0.15) is 5.56 Å². The van der Waals surface area contributed by atoms with Crippen LogP contribution in [-0.2, 0) is 17.8 Å². The predicted octanol–water partition coefficient (Wildman–Crippen LogP) is 2.36. The summed E-state index contributed by atoms with van der Waals surface area (Å²) in [4.78, 5) is 7.97. The van der Waals surface area contributed by atoms with Gasteiger partial charge in [-0.2, -0.15) is 4.98 Å². The summed E-state index contributed by atoms with van der Waals surface area (Å²) in [5.41, 5.74) is 1.54. The first-order chi connectivity index (χ1) is 9.56. The molecule has 0 aliphatic carbocycles. The Morgan fingerprint density at radius 3 is 2.90 bits per heavy atom. The third-order valence-electron chi connectivity index (χ3n) is 2.37. The summed E-state index contributed by atoms with van der Waals surface area (Å²) in [6.45, 7) is 0.189. The molecule has 1 aromatic heterocycles. The molecule has 0 aliphatic heterocycles. The fourth-order valence-electron chi connectivity index (χ4n) is 1.49. The molecule has 0 bridgehead atoms. The molecule has 20 heavy (non-hydrogen) atoms. The monoisotopic (exact) mass is 423 g/mol. The second-order valence-electron chi connectivity index (χ2n) is 3.67. The minimum atomic E-state index is -2.30. The molecule has 1 aromatic carbocycles. The van der Waals surface area contributed by atoms with E-state index in [4.69, 9.17) is 11.6 Å². The van der Waals surface area contributed by atoms with E-state index in [1.165, 1.54) is 0 Å². The van der Waals surface area contributed by atoms with Gasteiger partial charge in [-0.25, -0.2) is 9.71 Å². The Labute approximate surface area is 136 Å². The molecule has 1 atom stereocenters. The largest absolute Gasteiger partial charge is 0.760 e. The Morgan fingerprint density at radius 2 is 2.15 bits per heavy atom. The lowest BCUT2D eigenvalue weighted by Crippen LogP contribution is -2.16. The lowest BCUT2D eigenvalue weighted by Gasteiger charge is -2.13. The first-order valence-electron chi connectivity index (χ1n) is 5.42. The van der Waals surface area contributed by atoms with E-state index in [9.17, 15) is 8.76 Å². The molecule has 0 radical (unpaired) electrons. The van der Waals surface area contributed by atoms with E-state index < -0.39 is 11.3 Å². The Kier molecular flexibility index (Phi) is 5.66. The molecule has 6 nitrogen and oxygen atoms in total. The molecule has 2 N–H and O–H groups in total. The minimum Gasteiger partial charge on any atom is -0.760 e. The number of rotatable bonds is 5. The first-order valence-corrected chi connectivity index (χ1v) is 7.95. The Hall–Kier alpha value is -0.810. The molecule has 2 rings (SSSR count). The summed E-state index contributed by atoms with van der Waals surface area (Å²) >= 11 is 5.55. The highest BCUT2D eigenvalue weighted by atomic mass is 127. The molecule has 0 amide bonds. The zero-order valence-corrected chi connectivity index (χ0v) is 13.7. The fourth-order valence-corrected chi connectivity index (χ4v) is 2.30. The number of benzene rings is 1. The van der Waals surface area contributed by atoms with Gasteiger partial charge in [-0.3, -0.25) is 4.21 Å². The van der Waals surface area contributed by atoms with Crippen LogP contribution in [0.2, 0.25) is 5.28 Å². The molecule has 0 fully saturated rings. The summed E-state index contributed by atoms with van der Waals surface area (Å²) in [6.07, 6.45) is 1.60. The van der Waals surface area contributed by atoms with E-state index in [-0.39, 0.29) is 11.8 Å². The molecule has 1 unspecified atom stereocenters. The van der Waals surface area contributed by atoms with Crippen LogP contribution in [0.4, 0.5) is 11.5 Å². The Bertz CT molecular complexity index is 644. The van der Waals surface area contributed by atoms with Crippen molar-refractivity contribution in [2.24, 2.45) is 0 Å². The highest BCUT2D eigenvalue weighted by Crippen LogP contribution is 2.23. The molecule has 0 saturated carbocycles. The van der Waals surface area contributed by atoms with Crippen LogP contribution in [0.15, 0.2) is 30.5 Å². The molecule has 0 spiro atoms. The smallest absolute Gasteiger partial charge is 0.224 e. The molecule has 0 saturated heterocycles. The van der Waals surface area contributed by atoms with Crippen LogP contribution in [-0.4, -0.2) is 18.7 Å². The maximum absolute atomic E-state index is 10.6. The van der Waals surface area contributed by atoms with Gasteiger partial charge in [-0.05, 0) is 45.8 Å². The van der Waals surface area contributed by atoms with Crippen LogP contribution < -0.4 is 10.0 Å². The number of hydrogen-bond acceptors (Lipinski definition) is 5. The van der Waals surface area contributed by atoms with Crippen molar-refractivity contribution in [2.45, 2.75) is 6.54 Å². The van der Waals surface area contributed by atoms with Gasteiger partial charge in [0.15, 0.2) is 0 Å². The predicted molar refractivity (Wildman–Crippen MR) is 85.2 cm³/mol. The highest BCUT2D eigenvalue weighted by Gasteiger charge is 2.07. The van der Waals surface area contributed by atoms with Crippen LogP contribution >= 0.6 is 34.2 Å². The number of anilines is 2. The topological polar surface area (TPSA) is 90.0 Å². The van der Waals surface area contributed by atoms with Gasteiger partial charge in [0.1, 0.15) is 5.82 Å². The van der Waals surface area contributed by atoms with Crippen molar-refractivity contribution in [3.63, 3.8) is 0 Å². The number of para-hydroxylation sites is 1. The summed E-state index contributed by atoms with van der Waals surface area (Å²) in [6, 6.07) is 7.32. The summed E-state index contributed by atoms with van der Waals surface area (Å²) in [5, 5.41) is 3.26. The van der Waals surface area contributed by atoms with Gasteiger partial charge >= 0.3 is 0 Å². The van der Waals surface area contributed by atoms with Crippen LogP contribution in [0.25, 0.3) is 0 Å². The molecule has 1 heterocycles. The number of nitrogens with zero attached hydrogens (tertiary/aromatic N) is 2. The Morgan fingerprint density at radius 1 is 1.40 bits per heavy atom. The first kappa shape index (κ1) is 15.6. The quantitative estimate of drug-likeness (QED) is 0.438. The van der Waals surface area contributed by atoms with Crippen molar-refractivity contribution in [1.82, 2.24) is 14.7 Å². The SMILES string of the molecule is O=S([O-])NCc1ccccc1Nc1nc(Cl)ncc1I. The number of nitrogens with one attached hydrogen (secondary N) is 2. The Balaban J connectivity index is 2.24. The molecular formula is C11H9ClIN4O2S-. The highest BCUT2D eigenvalue weighted by molar-refractivity contribution is 14.1. The number of halogens is 2. The van der Waals surface area contributed by atoms with Crippen molar-refractivity contribution < 1.29 is 8.76 Å². The average molecular weight is 424 g/mol. The van der Waals surface area contributed by atoms with Gasteiger partial charge in [0.05, 0.1) is 3.57 Å². The fraction of sp³-hybridized carbons (Fsp3) is 0.0909. The van der Waals surface area contributed by atoms with Gasteiger partial charge in [-0.1, -0.05) is 18.2 Å². The van der Waals surface area contributed by atoms with Crippen LogP contribution in [0, 0.1) is 3.57 Å². The van der Waals surface area contributed by atoms with E-state index in [2.05, 4.69) is 42.6 Å². The molecule has 0 aliphatic rings. The second-order valence-corrected chi connectivity index (χ2v) is 5.93. The third-order valence-corrected chi connectivity index (χ3v) is 3.72. The van der Waals surface area contributed by atoms with Crippen molar-refractivity contribution in [3.05, 3.63) is 44.9 Å². The number of aromatic nitrogens is 2. The van der Waals surface area contributed by atoms with Crippen LogP contribution in [0.5, 0.6) is 0 Å². The van der Waals surface area contributed by atoms with E-state index in [1.54, 1.807) is 6.20 Å². The third kappa shape index (κ3) is 4.35. The average Bonchev–Trinajstić information content (AvgIpc) is 2.42. The van der Waals surface area contributed by atoms with E-state index in [0.29, 0.717) is 5.82 Å². The van der Waals surface area contributed by atoms with Gasteiger partial charge in [-0.15, -0.1) is 0 Å². The second kappa shape index (κ2) is 7.27. The standard InChI is InChI=1S/C11H10ClIN4O2S/c12-11-14-6-8(13)10(17-11)16-9-4-2-1-3-7(9)5-15-20(18)19/h1-4,6,15H,5H2,(H,18,19)(H,14,16,17)/p-1. The van der Waals surface area contributed by atoms with Crippen molar-refractivity contribution >= 4 is 57.0 Å².